The second kappa shape index (κ2) is 3.14. The van der Waals surface area contributed by atoms with Crippen LogP contribution >= 0.6 is 0 Å². The van der Waals surface area contributed by atoms with Gasteiger partial charge in [-0.15, -0.1) is 0 Å². The normalized spacial score (nSPS) is 10.4. The van der Waals surface area contributed by atoms with Crippen molar-refractivity contribution in [2.24, 2.45) is 7.05 Å². The second-order valence-electron chi connectivity index (χ2n) is 3.21. The molecule has 0 radical (unpaired) electrons. The number of benzene rings is 1. The Morgan fingerprint density at radius 3 is 3.00 bits per heavy atom. The summed E-state index contributed by atoms with van der Waals surface area (Å²) in [5.41, 5.74) is 2.59. The van der Waals surface area contributed by atoms with Gasteiger partial charge in [-0.25, -0.2) is 4.98 Å². The van der Waals surface area contributed by atoms with Gasteiger partial charge in [-0.3, -0.25) is 4.79 Å². The quantitative estimate of drug-likeness (QED) is 0.739. The van der Waals surface area contributed by atoms with Gasteiger partial charge in [0.05, 0.1) is 17.5 Å². The lowest BCUT2D eigenvalue weighted by atomic mass is 10.2. The van der Waals surface area contributed by atoms with Crippen LogP contribution in [0.1, 0.15) is 6.92 Å². The highest BCUT2D eigenvalue weighted by atomic mass is 16.1. The lowest BCUT2D eigenvalue weighted by Gasteiger charge is -2.02. The first-order chi connectivity index (χ1) is 6.68. The molecule has 4 nitrogen and oxygen atoms in total. The molecule has 0 saturated carbocycles. The number of rotatable bonds is 1. The number of amides is 1. The minimum absolute atomic E-state index is 0.0804. The summed E-state index contributed by atoms with van der Waals surface area (Å²) in [6.07, 6.45) is 1.73. The third-order valence-electron chi connectivity index (χ3n) is 2.07. The summed E-state index contributed by atoms with van der Waals surface area (Å²) in [4.78, 5) is 15.1. The Labute approximate surface area is 81.6 Å². The van der Waals surface area contributed by atoms with Crippen molar-refractivity contribution >= 4 is 22.6 Å². The molecule has 0 aliphatic rings. The van der Waals surface area contributed by atoms with Crippen molar-refractivity contribution in [2.75, 3.05) is 5.32 Å². The van der Waals surface area contributed by atoms with Crippen LogP contribution in [0.4, 0.5) is 5.69 Å². The van der Waals surface area contributed by atoms with E-state index >= 15 is 0 Å². The molecule has 1 N–H and O–H groups in total. The number of aryl methyl sites for hydroxylation is 1. The van der Waals surface area contributed by atoms with E-state index in [2.05, 4.69) is 10.3 Å². The first kappa shape index (κ1) is 8.74. The van der Waals surface area contributed by atoms with Crippen LogP contribution in [0.25, 0.3) is 11.0 Å². The molecule has 0 bridgehead atoms. The molecule has 72 valence electrons. The zero-order chi connectivity index (χ0) is 10.1. The molecule has 0 atom stereocenters. The van der Waals surface area contributed by atoms with Crippen LogP contribution in [0.5, 0.6) is 0 Å². The number of anilines is 1. The van der Waals surface area contributed by atoms with E-state index in [1.165, 1.54) is 6.92 Å². The van der Waals surface area contributed by atoms with Gasteiger partial charge in [0.25, 0.3) is 0 Å². The van der Waals surface area contributed by atoms with Gasteiger partial charge < -0.3 is 9.88 Å². The van der Waals surface area contributed by atoms with E-state index in [1.54, 1.807) is 6.33 Å². The Hall–Kier alpha value is -1.84. The molecule has 0 aliphatic carbocycles. The lowest BCUT2D eigenvalue weighted by molar-refractivity contribution is -0.114. The fourth-order valence-corrected chi connectivity index (χ4v) is 1.45. The van der Waals surface area contributed by atoms with Gasteiger partial charge in [0, 0.05) is 14.0 Å². The molecule has 0 unspecified atom stereocenters. The number of aromatic nitrogens is 2. The maximum atomic E-state index is 10.9. The molecule has 1 aromatic carbocycles. The number of carbonyl (C=O) groups is 1. The highest BCUT2D eigenvalue weighted by Gasteiger charge is 2.05. The molecule has 1 amide bonds. The number of nitrogens with zero attached hydrogens (tertiary/aromatic N) is 2. The monoisotopic (exact) mass is 189 g/mol. The zero-order valence-electron chi connectivity index (χ0n) is 8.11. The SMILES string of the molecule is CC(=O)Nc1cccc2c1ncn2C. The predicted octanol–water partition coefficient (Wildman–Crippen LogP) is 1.53. The van der Waals surface area contributed by atoms with Crippen LogP contribution < -0.4 is 5.32 Å². The third-order valence-corrected chi connectivity index (χ3v) is 2.07. The molecule has 2 rings (SSSR count). The summed E-state index contributed by atoms with van der Waals surface area (Å²) in [6, 6.07) is 5.71. The van der Waals surface area contributed by atoms with Gasteiger partial charge in [0.2, 0.25) is 5.91 Å². The molecule has 1 aromatic heterocycles. The number of fused-ring (bicyclic) bond motifs is 1. The fraction of sp³-hybridized carbons (Fsp3) is 0.200. The molecule has 0 spiro atoms. The van der Waals surface area contributed by atoms with Gasteiger partial charge >= 0.3 is 0 Å². The van der Waals surface area contributed by atoms with E-state index in [4.69, 9.17) is 0 Å². The fourth-order valence-electron chi connectivity index (χ4n) is 1.45. The summed E-state index contributed by atoms with van der Waals surface area (Å²) >= 11 is 0. The van der Waals surface area contributed by atoms with Crippen LogP contribution in [0.15, 0.2) is 24.5 Å². The maximum absolute atomic E-state index is 10.9. The summed E-state index contributed by atoms with van der Waals surface area (Å²) in [5, 5.41) is 2.75. The van der Waals surface area contributed by atoms with Crippen molar-refractivity contribution in [3.63, 3.8) is 0 Å². The molecular weight excluding hydrogens is 178 g/mol. The minimum Gasteiger partial charge on any atom is -0.334 e. The van der Waals surface area contributed by atoms with Crippen molar-refractivity contribution in [1.29, 1.82) is 0 Å². The van der Waals surface area contributed by atoms with E-state index in [1.807, 2.05) is 29.8 Å². The van der Waals surface area contributed by atoms with Crippen molar-refractivity contribution < 1.29 is 4.79 Å². The first-order valence-corrected chi connectivity index (χ1v) is 4.36. The Morgan fingerprint density at radius 2 is 2.29 bits per heavy atom. The largest absolute Gasteiger partial charge is 0.334 e. The second-order valence-corrected chi connectivity index (χ2v) is 3.21. The summed E-state index contributed by atoms with van der Waals surface area (Å²) in [6.45, 7) is 1.49. The zero-order valence-corrected chi connectivity index (χ0v) is 8.11. The topological polar surface area (TPSA) is 46.9 Å². The molecular formula is C10H11N3O. The molecule has 0 aliphatic heterocycles. The highest BCUT2D eigenvalue weighted by Crippen LogP contribution is 2.20. The number of carbonyl (C=O) groups excluding carboxylic acids is 1. The van der Waals surface area contributed by atoms with Gasteiger partial charge in [-0.1, -0.05) is 6.07 Å². The molecule has 4 heteroatoms. The average molecular weight is 189 g/mol. The number of para-hydroxylation sites is 1. The van der Waals surface area contributed by atoms with Gasteiger partial charge in [-0.05, 0) is 12.1 Å². The lowest BCUT2D eigenvalue weighted by Crippen LogP contribution is -2.06. The minimum atomic E-state index is -0.0804. The summed E-state index contributed by atoms with van der Waals surface area (Å²) in [5.74, 6) is -0.0804. The van der Waals surface area contributed by atoms with Crippen LogP contribution in [-0.4, -0.2) is 15.5 Å². The Balaban J connectivity index is 2.59. The first-order valence-electron chi connectivity index (χ1n) is 4.36. The predicted molar refractivity (Wildman–Crippen MR) is 55.0 cm³/mol. The van der Waals surface area contributed by atoms with Crippen LogP contribution in [0.3, 0.4) is 0 Å². The smallest absolute Gasteiger partial charge is 0.221 e. The van der Waals surface area contributed by atoms with E-state index in [-0.39, 0.29) is 5.91 Å². The van der Waals surface area contributed by atoms with Gasteiger partial charge in [0.1, 0.15) is 5.52 Å². The van der Waals surface area contributed by atoms with Crippen molar-refractivity contribution in [3.8, 4) is 0 Å². The number of hydrogen-bond acceptors (Lipinski definition) is 2. The third kappa shape index (κ3) is 1.35. The van der Waals surface area contributed by atoms with Crippen LogP contribution in [-0.2, 0) is 11.8 Å². The van der Waals surface area contributed by atoms with Gasteiger partial charge in [-0.2, -0.15) is 0 Å². The van der Waals surface area contributed by atoms with E-state index in [0.29, 0.717) is 0 Å². The summed E-state index contributed by atoms with van der Waals surface area (Å²) in [7, 11) is 1.92. The molecule has 2 aromatic rings. The maximum Gasteiger partial charge on any atom is 0.221 e. The van der Waals surface area contributed by atoms with Crippen molar-refractivity contribution in [1.82, 2.24) is 9.55 Å². The van der Waals surface area contributed by atoms with Gasteiger partial charge in [0.15, 0.2) is 0 Å². The summed E-state index contributed by atoms with van der Waals surface area (Å²) < 4.78 is 1.92. The number of nitrogens with one attached hydrogen (secondary N) is 1. The highest BCUT2D eigenvalue weighted by molar-refractivity contribution is 5.98. The Morgan fingerprint density at radius 1 is 1.50 bits per heavy atom. The Bertz CT molecular complexity index is 487. The molecule has 1 heterocycles. The van der Waals surface area contributed by atoms with Crippen LogP contribution in [0.2, 0.25) is 0 Å². The van der Waals surface area contributed by atoms with E-state index in [0.717, 1.165) is 16.7 Å². The van der Waals surface area contributed by atoms with Crippen molar-refractivity contribution in [2.45, 2.75) is 6.92 Å². The van der Waals surface area contributed by atoms with E-state index < -0.39 is 0 Å². The average Bonchev–Trinajstić information content (AvgIpc) is 2.49. The van der Waals surface area contributed by atoms with Crippen molar-refractivity contribution in [3.05, 3.63) is 24.5 Å². The molecule has 0 saturated heterocycles. The Kier molecular flexibility index (Phi) is 1.96. The van der Waals surface area contributed by atoms with Crippen LogP contribution in [0, 0.1) is 0 Å². The van der Waals surface area contributed by atoms with E-state index in [9.17, 15) is 4.79 Å². The standard InChI is InChI=1S/C10H11N3O/c1-7(14)12-8-4-3-5-9-10(8)11-6-13(9)2/h3-6H,1-2H3,(H,12,14). The number of imidazole rings is 1. The number of hydrogen-bond donors (Lipinski definition) is 1. The molecule has 14 heavy (non-hydrogen) atoms. The molecule has 0 fully saturated rings.